The molecule has 1 N–H and O–H groups in total. The van der Waals surface area contributed by atoms with E-state index < -0.39 is 0 Å². The Balaban J connectivity index is 1.60. The topological polar surface area (TPSA) is 49.4 Å². The number of aryl methyl sites for hydroxylation is 1. The van der Waals surface area contributed by atoms with Gasteiger partial charge in [-0.2, -0.15) is 0 Å². The first-order valence-electron chi connectivity index (χ1n) is 7.91. The standard InChI is InChI=1S/C19H19ClN2O2/c1-13-2-4-14(5-3-13)11-22-12-15(10-18(22)23)19(24)21-17-8-6-16(20)7-9-17/h2-9,15H,10-12H2,1H3,(H,21,24)/t15-/m0/s1. The van der Waals surface area contributed by atoms with E-state index in [-0.39, 0.29) is 24.2 Å². The summed E-state index contributed by atoms with van der Waals surface area (Å²) in [6.07, 6.45) is 0.255. The predicted molar refractivity (Wildman–Crippen MR) is 94.8 cm³/mol. The van der Waals surface area contributed by atoms with Gasteiger partial charge in [0.05, 0.1) is 5.92 Å². The summed E-state index contributed by atoms with van der Waals surface area (Å²) in [6.45, 7) is 3.03. The van der Waals surface area contributed by atoms with Crippen molar-refractivity contribution in [2.75, 3.05) is 11.9 Å². The molecule has 2 aromatic rings. The molecule has 0 aliphatic carbocycles. The summed E-state index contributed by atoms with van der Waals surface area (Å²) in [5.74, 6) is -0.428. The summed E-state index contributed by atoms with van der Waals surface area (Å²) in [5.41, 5.74) is 2.95. The minimum absolute atomic E-state index is 0.0202. The van der Waals surface area contributed by atoms with Crippen LogP contribution in [0.5, 0.6) is 0 Å². The van der Waals surface area contributed by atoms with Crippen molar-refractivity contribution in [3.63, 3.8) is 0 Å². The Morgan fingerprint density at radius 1 is 1.17 bits per heavy atom. The van der Waals surface area contributed by atoms with Gasteiger partial charge < -0.3 is 10.2 Å². The fourth-order valence-electron chi connectivity index (χ4n) is 2.79. The van der Waals surface area contributed by atoms with Crippen molar-refractivity contribution < 1.29 is 9.59 Å². The number of likely N-dealkylation sites (tertiary alicyclic amines) is 1. The number of rotatable bonds is 4. The molecule has 3 rings (SSSR count). The van der Waals surface area contributed by atoms with E-state index in [1.54, 1.807) is 29.2 Å². The number of halogens is 1. The van der Waals surface area contributed by atoms with Crippen LogP contribution >= 0.6 is 11.6 Å². The third-order valence-electron chi connectivity index (χ3n) is 4.19. The molecule has 1 fully saturated rings. The Morgan fingerprint density at radius 3 is 2.50 bits per heavy atom. The Labute approximate surface area is 146 Å². The highest BCUT2D eigenvalue weighted by atomic mass is 35.5. The van der Waals surface area contributed by atoms with E-state index in [2.05, 4.69) is 5.32 Å². The average molecular weight is 343 g/mol. The zero-order valence-electron chi connectivity index (χ0n) is 13.5. The summed E-state index contributed by atoms with van der Waals surface area (Å²) in [5, 5.41) is 3.47. The summed E-state index contributed by atoms with van der Waals surface area (Å²) < 4.78 is 0. The third kappa shape index (κ3) is 3.95. The molecule has 0 spiro atoms. The van der Waals surface area contributed by atoms with Crippen LogP contribution in [0.2, 0.25) is 5.02 Å². The maximum Gasteiger partial charge on any atom is 0.229 e. The SMILES string of the molecule is Cc1ccc(CN2C[C@@H](C(=O)Nc3ccc(Cl)cc3)CC2=O)cc1. The fraction of sp³-hybridized carbons (Fsp3) is 0.263. The lowest BCUT2D eigenvalue weighted by Crippen LogP contribution is -2.28. The number of amides is 2. The van der Waals surface area contributed by atoms with Crippen molar-refractivity contribution in [1.82, 2.24) is 4.90 Å². The van der Waals surface area contributed by atoms with E-state index in [1.807, 2.05) is 31.2 Å². The Bertz CT molecular complexity index is 741. The van der Waals surface area contributed by atoms with Crippen LogP contribution in [-0.4, -0.2) is 23.3 Å². The van der Waals surface area contributed by atoms with E-state index >= 15 is 0 Å². The molecule has 1 atom stereocenters. The van der Waals surface area contributed by atoms with Gasteiger partial charge in [0.25, 0.3) is 0 Å². The van der Waals surface area contributed by atoms with Crippen LogP contribution < -0.4 is 5.32 Å². The molecule has 4 nitrogen and oxygen atoms in total. The van der Waals surface area contributed by atoms with Crippen LogP contribution in [0.25, 0.3) is 0 Å². The van der Waals surface area contributed by atoms with Crippen LogP contribution in [0, 0.1) is 12.8 Å². The van der Waals surface area contributed by atoms with Gasteiger partial charge in [0.2, 0.25) is 11.8 Å². The average Bonchev–Trinajstić information content (AvgIpc) is 2.93. The lowest BCUT2D eigenvalue weighted by molar-refractivity contribution is -0.128. The van der Waals surface area contributed by atoms with E-state index in [4.69, 9.17) is 11.6 Å². The number of carbonyl (C=O) groups is 2. The van der Waals surface area contributed by atoms with Gasteiger partial charge in [-0.15, -0.1) is 0 Å². The molecule has 1 heterocycles. The smallest absolute Gasteiger partial charge is 0.229 e. The molecule has 24 heavy (non-hydrogen) atoms. The molecule has 1 saturated heterocycles. The Morgan fingerprint density at radius 2 is 1.83 bits per heavy atom. The van der Waals surface area contributed by atoms with Crippen LogP contribution in [0.15, 0.2) is 48.5 Å². The lowest BCUT2D eigenvalue weighted by Gasteiger charge is -2.17. The van der Waals surface area contributed by atoms with E-state index in [1.165, 1.54) is 5.56 Å². The molecule has 0 saturated carbocycles. The molecular weight excluding hydrogens is 324 g/mol. The van der Waals surface area contributed by atoms with Gasteiger partial charge >= 0.3 is 0 Å². The first-order valence-corrected chi connectivity index (χ1v) is 8.29. The van der Waals surface area contributed by atoms with Gasteiger partial charge in [0.1, 0.15) is 0 Å². The van der Waals surface area contributed by atoms with Crippen LogP contribution in [0.1, 0.15) is 17.5 Å². The van der Waals surface area contributed by atoms with Crippen molar-refractivity contribution in [3.05, 3.63) is 64.7 Å². The normalized spacial score (nSPS) is 17.2. The molecular formula is C19H19ClN2O2. The molecule has 2 amide bonds. The number of hydrogen-bond acceptors (Lipinski definition) is 2. The fourth-order valence-corrected chi connectivity index (χ4v) is 2.92. The predicted octanol–water partition coefficient (Wildman–Crippen LogP) is 3.64. The molecule has 2 aromatic carbocycles. The van der Waals surface area contributed by atoms with E-state index in [9.17, 15) is 9.59 Å². The summed E-state index contributed by atoms with van der Waals surface area (Å²) >= 11 is 5.84. The van der Waals surface area contributed by atoms with Gasteiger partial charge in [-0.25, -0.2) is 0 Å². The quantitative estimate of drug-likeness (QED) is 0.922. The maximum absolute atomic E-state index is 12.4. The molecule has 0 aromatic heterocycles. The molecule has 0 unspecified atom stereocenters. The molecule has 124 valence electrons. The third-order valence-corrected chi connectivity index (χ3v) is 4.44. The first kappa shape index (κ1) is 16.5. The van der Waals surface area contributed by atoms with Crippen molar-refractivity contribution in [1.29, 1.82) is 0 Å². The van der Waals surface area contributed by atoms with Gasteiger partial charge in [0, 0.05) is 30.2 Å². The van der Waals surface area contributed by atoms with Gasteiger partial charge in [0.15, 0.2) is 0 Å². The van der Waals surface area contributed by atoms with Crippen molar-refractivity contribution in [2.45, 2.75) is 19.9 Å². The Kier molecular flexibility index (Phi) is 4.86. The number of benzene rings is 2. The van der Waals surface area contributed by atoms with E-state index in [0.29, 0.717) is 23.8 Å². The maximum atomic E-state index is 12.4. The summed E-state index contributed by atoms with van der Waals surface area (Å²) in [4.78, 5) is 26.3. The number of nitrogens with zero attached hydrogens (tertiary/aromatic N) is 1. The van der Waals surface area contributed by atoms with Crippen molar-refractivity contribution in [3.8, 4) is 0 Å². The molecule has 0 bridgehead atoms. The van der Waals surface area contributed by atoms with Gasteiger partial charge in [-0.3, -0.25) is 9.59 Å². The Hall–Kier alpha value is -2.33. The summed E-state index contributed by atoms with van der Waals surface area (Å²) in [6, 6.07) is 15.0. The van der Waals surface area contributed by atoms with Crippen molar-refractivity contribution >= 4 is 29.1 Å². The highest BCUT2D eigenvalue weighted by Gasteiger charge is 2.34. The second-order valence-electron chi connectivity index (χ2n) is 6.16. The van der Waals surface area contributed by atoms with Gasteiger partial charge in [-0.1, -0.05) is 41.4 Å². The zero-order chi connectivity index (χ0) is 17.1. The minimum Gasteiger partial charge on any atom is -0.338 e. The number of carbonyl (C=O) groups excluding carboxylic acids is 2. The monoisotopic (exact) mass is 342 g/mol. The highest BCUT2D eigenvalue weighted by Crippen LogP contribution is 2.22. The van der Waals surface area contributed by atoms with Crippen LogP contribution in [0.3, 0.4) is 0 Å². The number of hydrogen-bond donors (Lipinski definition) is 1. The second-order valence-corrected chi connectivity index (χ2v) is 6.59. The highest BCUT2D eigenvalue weighted by molar-refractivity contribution is 6.30. The number of nitrogens with one attached hydrogen (secondary N) is 1. The molecule has 5 heteroatoms. The second kappa shape index (κ2) is 7.05. The summed E-state index contributed by atoms with van der Waals surface area (Å²) in [7, 11) is 0. The largest absolute Gasteiger partial charge is 0.338 e. The first-order chi connectivity index (χ1) is 11.5. The molecule has 1 aliphatic rings. The molecule has 1 aliphatic heterocycles. The van der Waals surface area contributed by atoms with E-state index in [0.717, 1.165) is 5.56 Å². The van der Waals surface area contributed by atoms with Crippen LogP contribution in [-0.2, 0) is 16.1 Å². The lowest BCUT2D eigenvalue weighted by atomic mass is 10.1. The molecule has 0 radical (unpaired) electrons. The van der Waals surface area contributed by atoms with Crippen LogP contribution in [0.4, 0.5) is 5.69 Å². The van der Waals surface area contributed by atoms with Crippen molar-refractivity contribution in [2.24, 2.45) is 5.92 Å². The van der Waals surface area contributed by atoms with Gasteiger partial charge in [-0.05, 0) is 36.8 Å². The zero-order valence-corrected chi connectivity index (χ0v) is 14.2. The number of anilines is 1. The minimum atomic E-state index is -0.321.